The molecule has 0 fully saturated rings. The lowest BCUT2D eigenvalue weighted by Gasteiger charge is -2.30. The number of likely N-dealkylation sites (N-methyl/N-ethyl adjacent to an activating group) is 1. The number of hydrogen-bond donors (Lipinski definition) is 1. The number of nitrogens with one attached hydrogen (secondary N) is 1. The van der Waals surface area contributed by atoms with E-state index in [1.54, 1.807) is 6.08 Å². The van der Waals surface area contributed by atoms with Crippen LogP contribution in [0.5, 0.6) is 0 Å². The number of allylic oxidation sites excluding steroid dienone is 23. The van der Waals surface area contributed by atoms with Gasteiger partial charge in [0.2, 0.25) is 5.91 Å². The van der Waals surface area contributed by atoms with Crippen molar-refractivity contribution in [3.05, 3.63) is 146 Å². The topological polar surface area (TPSA) is 114 Å². The van der Waals surface area contributed by atoms with Crippen LogP contribution in [0.25, 0.3) is 0 Å². The van der Waals surface area contributed by atoms with Crippen molar-refractivity contribution in [2.45, 2.75) is 245 Å². The third-order valence-corrected chi connectivity index (χ3v) is 14.0. The van der Waals surface area contributed by atoms with Gasteiger partial charge in [0.05, 0.1) is 33.8 Å². The van der Waals surface area contributed by atoms with Gasteiger partial charge in [-0.1, -0.05) is 250 Å². The Kier molecular flexibility index (Phi) is 55.1. The number of unbranched alkanes of at least 4 members (excludes halogenated alkanes) is 17. The second kappa shape index (κ2) is 58.1. The third kappa shape index (κ3) is 58.5. The number of phosphoric ester groups is 1. The summed E-state index contributed by atoms with van der Waals surface area (Å²) in [6, 6.07) is -0.942. The Morgan fingerprint density at radius 2 is 0.812 bits per heavy atom. The zero-order valence-corrected chi connectivity index (χ0v) is 52.6. The third-order valence-electron chi connectivity index (χ3n) is 13.0. The number of esters is 1. The quantitative estimate of drug-likeness (QED) is 0.0212. The molecule has 0 heterocycles. The summed E-state index contributed by atoms with van der Waals surface area (Å²) in [7, 11) is 1.11. The van der Waals surface area contributed by atoms with Crippen molar-refractivity contribution in [1.29, 1.82) is 0 Å². The van der Waals surface area contributed by atoms with E-state index in [-0.39, 0.29) is 31.3 Å². The summed E-state index contributed by atoms with van der Waals surface area (Å²) in [5.41, 5.74) is 0. The van der Waals surface area contributed by atoms with E-state index in [9.17, 15) is 19.0 Å². The molecule has 454 valence electrons. The second-order valence-electron chi connectivity index (χ2n) is 21.8. The zero-order valence-electron chi connectivity index (χ0n) is 51.7. The van der Waals surface area contributed by atoms with E-state index in [1.807, 2.05) is 39.4 Å². The highest BCUT2D eigenvalue weighted by molar-refractivity contribution is 7.45. The Morgan fingerprint density at radius 3 is 1.23 bits per heavy atom. The van der Waals surface area contributed by atoms with E-state index in [0.717, 1.165) is 116 Å². The molecule has 0 rings (SSSR count). The first kappa shape index (κ1) is 75.9. The number of carbonyl (C=O) groups is 2. The Morgan fingerprint density at radius 1 is 0.450 bits per heavy atom. The minimum Gasteiger partial charge on any atom is -0.756 e. The fourth-order valence-corrected chi connectivity index (χ4v) is 8.94. The van der Waals surface area contributed by atoms with Gasteiger partial charge in [-0.15, -0.1) is 0 Å². The molecule has 0 saturated heterocycles. The standard InChI is InChI=1S/C70H117N2O7P/c1-7-10-13-16-19-22-25-27-29-31-32-33-34-35-36-37-38-39-40-41-43-45-48-51-54-57-60-63-70(74)79-68(61-58-55-52-49-46-24-21-18-15-12-9-3)67(66-78-80(75,76)77-65-64-72(4,5)6)71-69(73)62-59-56-53-50-47-44-42-30-28-26-23-20-17-14-11-8-2/h10-11,13-14,19-20,22-23,27-30,32-33,35-36,38-39,44,47,53,56,58,61,67-68H,7-9,12,15-18,21,24-26,31,34,37,40-43,45-46,48-52,54-55,57,59-60,62-66H2,1-6H3,(H-,71,73,75,76)/b13-10-,14-11+,22-19-,23-20+,29-27-,30-28+,33-32-,36-35-,39-38-,47-44+,56-53+,61-58-. The number of amides is 1. The number of ether oxygens (including phenoxy) is 1. The summed E-state index contributed by atoms with van der Waals surface area (Å²) in [4.78, 5) is 39.9. The van der Waals surface area contributed by atoms with Crippen LogP contribution in [0.2, 0.25) is 0 Å². The van der Waals surface area contributed by atoms with Crippen molar-refractivity contribution in [3.63, 3.8) is 0 Å². The van der Waals surface area contributed by atoms with Crippen LogP contribution in [0, 0.1) is 0 Å². The van der Waals surface area contributed by atoms with Crippen molar-refractivity contribution in [3.8, 4) is 0 Å². The number of hydrogen-bond acceptors (Lipinski definition) is 7. The van der Waals surface area contributed by atoms with Crippen LogP contribution >= 0.6 is 7.82 Å². The van der Waals surface area contributed by atoms with Crippen molar-refractivity contribution < 1.29 is 37.3 Å². The molecule has 0 aliphatic heterocycles. The van der Waals surface area contributed by atoms with Gasteiger partial charge in [0, 0.05) is 12.8 Å². The van der Waals surface area contributed by atoms with Crippen molar-refractivity contribution in [2.75, 3.05) is 40.9 Å². The molecule has 0 radical (unpaired) electrons. The van der Waals surface area contributed by atoms with Gasteiger partial charge in [-0.2, -0.15) is 0 Å². The molecule has 0 aromatic carbocycles. The van der Waals surface area contributed by atoms with Crippen molar-refractivity contribution in [1.82, 2.24) is 5.32 Å². The molecule has 1 N–H and O–H groups in total. The van der Waals surface area contributed by atoms with Crippen LogP contribution in [0.1, 0.15) is 233 Å². The second-order valence-corrected chi connectivity index (χ2v) is 23.2. The monoisotopic (exact) mass is 1130 g/mol. The molecule has 0 aliphatic rings. The van der Waals surface area contributed by atoms with Gasteiger partial charge in [0.15, 0.2) is 0 Å². The van der Waals surface area contributed by atoms with E-state index < -0.39 is 26.6 Å². The lowest BCUT2D eigenvalue weighted by atomic mass is 10.1. The highest BCUT2D eigenvalue weighted by Gasteiger charge is 2.27. The molecule has 0 spiro atoms. The predicted octanol–water partition coefficient (Wildman–Crippen LogP) is 19.2. The zero-order chi connectivity index (χ0) is 58.6. The summed E-state index contributed by atoms with van der Waals surface area (Å²) >= 11 is 0. The molecule has 9 nitrogen and oxygen atoms in total. The fourth-order valence-electron chi connectivity index (χ4n) is 8.22. The van der Waals surface area contributed by atoms with Crippen molar-refractivity contribution >= 4 is 19.7 Å². The summed E-state index contributed by atoms with van der Waals surface area (Å²) < 4.78 is 30.2. The average Bonchev–Trinajstić information content (AvgIpc) is 3.43. The molecule has 1 amide bonds. The smallest absolute Gasteiger partial charge is 0.306 e. The fraction of sp³-hybridized carbons (Fsp3) is 0.629. The molecule has 80 heavy (non-hydrogen) atoms. The maximum absolute atomic E-state index is 13.5. The maximum Gasteiger partial charge on any atom is 0.306 e. The van der Waals surface area contributed by atoms with Crippen LogP contribution in [0.15, 0.2) is 146 Å². The SMILES string of the molecule is CC/C=C\C/C=C\C/C=C\C/C=C\C/C=C\C/C=C\CCCCCCCCCCC(=O)OC(/C=C\CCCCCCCCCCC)C(COP(=O)([O-])OCC[N+](C)(C)C)NC(=O)CC/C=C/C/C=C/C/C=C/C/C=C/C/C=C/CC. The molecular weight excluding hydrogens is 1010 g/mol. The van der Waals surface area contributed by atoms with Gasteiger partial charge < -0.3 is 28.5 Å². The van der Waals surface area contributed by atoms with Crippen LogP contribution in [0.3, 0.4) is 0 Å². The highest BCUT2D eigenvalue weighted by atomic mass is 31.2. The van der Waals surface area contributed by atoms with E-state index >= 15 is 0 Å². The van der Waals surface area contributed by atoms with Gasteiger partial charge in [0.25, 0.3) is 7.82 Å². The molecule has 0 aliphatic carbocycles. The Hall–Kier alpha value is -4.11. The van der Waals surface area contributed by atoms with Gasteiger partial charge in [0.1, 0.15) is 19.3 Å². The molecule has 0 aromatic rings. The van der Waals surface area contributed by atoms with E-state index in [2.05, 4.69) is 148 Å². The molecule has 3 atom stereocenters. The summed E-state index contributed by atoms with van der Waals surface area (Å²) in [6.45, 7) is 6.52. The number of carbonyl (C=O) groups excluding carboxylic acids is 2. The average molecular weight is 1130 g/mol. The first-order valence-corrected chi connectivity index (χ1v) is 33.1. The molecule has 0 bridgehead atoms. The van der Waals surface area contributed by atoms with E-state index in [0.29, 0.717) is 23.9 Å². The Balaban J connectivity index is 5.22. The predicted molar refractivity (Wildman–Crippen MR) is 343 cm³/mol. The molecule has 0 saturated carbocycles. The first-order valence-electron chi connectivity index (χ1n) is 31.6. The van der Waals surface area contributed by atoms with Crippen molar-refractivity contribution in [2.24, 2.45) is 0 Å². The summed E-state index contributed by atoms with van der Waals surface area (Å²) in [6.07, 6.45) is 84.1. The largest absolute Gasteiger partial charge is 0.756 e. The number of quaternary nitrogens is 1. The molecular formula is C70H117N2O7P. The molecule has 10 heteroatoms. The number of rotatable bonds is 55. The van der Waals surface area contributed by atoms with Crippen LogP contribution in [0.4, 0.5) is 0 Å². The van der Waals surface area contributed by atoms with Crippen LogP contribution in [-0.2, 0) is 27.9 Å². The lowest BCUT2D eigenvalue weighted by molar-refractivity contribution is -0.870. The van der Waals surface area contributed by atoms with Crippen LogP contribution in [-0.4, -0.2) is 69.4 Å². The number of phosphoric acid groups is 1. The normalized spacial score (nSPS) is 14.6. The van der Waals surface area contributed by atoms with E-state index in [1.165, 1.54) is 70.6 Å². The van der Waals surface area contributed by atoms with Crippen LogP contribution < -0.4 is 10.2 Å². The van der Waals surface area contributed by atoms with Gasteiger partial charge in [-0.25, -0.2) is 0 Å². The van der Waals surface area contributed by atoms with Gasteiger partial charge >= 0.3 is 5.97 Å². The van der Waals surface area contributed by atoms with Gasteiger partial charge in [-0.3, -0.25) is 14.2 Å². The Labute approximate surface area is 491 Å². The molecule has 0 aromatic heterocycles. The lowest BCUT2D eigenvalue weighted by Crippen LogP contribution is -2.47. The maximum atomic E-state index is 13.5. The Bertz CT molecular complexity index is 1880. The summed E-state index contributed by atoms with van der Waals surface area (Å²) in [5.74, 6) is -0.659. The summed E-state index contributed by atoms with van der Waals surface area (Å²) in [5, 5.41) is 2.97. The first-order chi connectivity index (χ1) is 38.9. The van der Waals surface area contributed by atoms with E-state index in [4.69, 9.17) is 13.8 Å². The highest BCUT2D eigenvalue weighted by Crippen LogP contribution is 2.38. The molecule has 3 unspecified atom stereocenters. The number of nitrogens with zero attached hydrogens (tertiary/aromatic N) is 1. The van der Waals surface area contributed by atoms with Gasteiger partial charge in [-0.05, 0) is 115 Å². The minimum atomic E-state index is -4.73. The minimum absolute atomic E-state index is 0.0450.